The Bertz CT molecular complexity index is 889. The van der Waals surface area contributed by atoms with Gasteiger partial charge in [-0.2, -0.15) is 0 Å². The number of carbonyl (C=O) groups excluding carboxylic acids is 1. The van der Waals surface area contributed by atoms with Crippen molar-refractivity contribution in [3.8, 4) is 0 Å². The van der Waals surface area contributed by atoms with E-state index in [4.69, 9.17) is 0 Å². The van der Waals surface area contributed by atoms with Crippen molar-refractivity contribution < 1.29 is 14.7 Å². The summed E-state index contributed by atoms with van der Waals surface area (Å²) in [5.41, 5.74) is -0.0189. The van der Waals surface area contributed by atoms with Crippen LogP contribution in [0, 0.1) is 5.92 Å². The Morgan fingerprint density at radius 3 is 2.48 bits per heavy atom. The smallest absolute Gasteiger partial charge is 0.341 e. The summed E-state index contributed by atoms with van der Waals surface area (Å²) in [5, 5.41) is 9.39. The Hall–Kier alpha value is -2.89. The number of aryl methyl sites for hydroxylation is 2. The van der Waals surface area contributed by atoms with Crippen molar-refractivity contribution >= 4 is 11.9 Å². The van der Waals surface area contributed by atoms with Gasteiger partial charge in [0.25, 0.3) is 5.91 Å². The summed E-state index contributed by atoms with van der Waals surface area (Å²) in [5.74, 6) is -1.24. The zero-order valence-electron chi connectivity index (χ0n) is 15.4. The first-order valence-corrected chi connectivity index (χ1v) is 9.30. The molecule has 0 saturated carbocycles. The molecule has 1 fully saturated rings. The molecule has 0 bridgehead atoms. The van der Waals surface area contributed by atoms with Crippen LogP contribution < -0.4 is 5.43 Å². The molecule has 2 heterocycles. The van der Waals surface area contributed by atoms with Crippen LogP contribution in [0.15, 0.2) is 47.5 Å². The molecular weight excluding hydrogens is 344 g/mol. The van der Waals surface area contributed by atoms with Crippen molar-refractivity contribution in [2.75, 3.05) is 13.1 Å². The van der Waals surface area contributed by atoms with Crippen molar-refractivity contribution in [1.29, 1.82) is 0 Å². The highest BCUT2D eigenvalue weighted by molar-refractivity contribution is 5.97. The molecule has 1 aliphatic rings. The topological polar surface area (TPSA) is 79.6 Å². The Morgan fingerprint density at radius 2 is 1.85 bits per heavy atom. The summed E-state index contributed by atoms with van der Waals surface area (Å²) in [6.07, 6.45) is 5.41. The number of amides is 1. The maximum Gasteiger partial charge on any atom is 0.341 e. The largest absolute Gasteiger partial charge is 0.477 e. The molecule has 1 saturated heterocycles. The summed E-state index contributed by atoms with van der Waals surface area (Å²) < 4.78 is 1.64. The molecule has 0 unspecified atom stereocenters. The van der Waals surface area contributed by atoms with Crippen molar-refractivity contribution in [1.82, 2.24) is 9.47 Å². The first kappa shape index (κ1) is 18.9. The van der Waals surface area contributed by atoms with Crippen molar-refractivity contribution in [2.45, 2.75) is 32.7 Å². The third-order valence-electron chi connectivity index (χ3n) is 5.19. The molecule has 6 nitrogen and oxygen atoms in total. The van der Waals surface area contributed by atoms with Gasteiger partial charge < -0.3 is 14.6 Å². The minimum Gasteiger partial charge on any atom is -0.477 e. The molecule has 1 N–H and O–H groups in total. The fourth-order valence-electron chi connectivity index (χ4n) is 3.49. The van der Waals surface area contributed by atoms with E-state index in [2.05, 4.69) is 6.92 Å². The summed E-state index contributed by atoms with van der Waals surface area (Å²) in [6, 6.07) is 9.79. The number of carbonyl (C=O) groups is 2. The highest BCUT2D eigenvalue weighted by Crippen LogP contribution is 2.20. The second-order valence-corrected chi connectivity index (χ2v) is 7.01. The Labute approximate surface area is 158 Å². The number of benzene rings is 1. The van der Waals surface area contributed by atoms with Crippen LogP contribution in [0.3, 0.4) is 0 Å². The van der Waals surface area contributed by atoms with Gasteiger partial charge >= 0.3 is 5.97 Å². The number of likely N-dealkylation sites (tertiary alicyclic amines) is 1. The lowest BCUT2D eigenvalue weighted by molar-refractivity contribution is 0.0694. The van der Waals surface area contributed by atoms with Gasteiger partial charge in [-0.1, -0.05) is 43.7 Å². The maximum atomic E-state index is 12.9. The predicted octanol–water partition coefficient (Wildman–Crippen LogP) is 2.66. The van der Waals surface area contributed by atoms with Crippen LogP contribution in [0.4, 0.5) is 0 Å². The van der Waals surface area contributed by atoms with Gasteiger partial charge in [0.15, 0.2) is 0 Å². The van der Waals surface area contributed by atoms with Gasteiger partial charge in [-0.25, -0.2) is 4.79 Å². The fraction of sp³-hybridized carbons (Fsp3) is 0.381. The first-order chi connectivity index (χ1) is 13.0. The first-order valence-electron chi connectivity index (χ1n) is 9.30. The van der Waals surface area contributed by atoms with Gasteiger partial charge in [-0.3, -0.25) is 9.59 Å². The monoisotopic (exact) mass is 368 g/mol. The number of pyridine rings is 1. The molecule has 2 aromatic rings. The normalized spacial score (nSPS) is 16.5. The second-order valence-electron chi connectivity index (χ2n) is 7.01. The number of aromatic carboxylic acids is 1. The lowest BCUT2D eigenvalue weighted by Gasteiger charge is -2.17. The molecule has 1 aromatic heterocycles. The van der Waals surface area contributed by atoms with Crippen LogP contribution in [0.25, 0.3) is 0 Å². The number of carboxylic acids is 1. The van der Waals surface area contributed by atoms with E-state index in [1.807, 2.05) is 30.3 Å². The third-order valence-corrected chi connectivity index (χ3v) is 5.19. The fourth-order valence-corrected chi connectivity index (χ4v) is 3.49. The highest BCUT2D eigenvalue weighted by Gasteiger charge is 2.28. The molecule has 27 heavy (non-hydrogen) atoms. The Kier molecular flexibility index (Phi) is 5.74. The molecule has 0 aliphatic carbocycles. The molecule has 0 radical (unpaired) electrons. The quantitative estimate of drug-likeness (QED) is 0.850. The average molecular weight is 368 g/mol. The van der Waals surface area contributed by atoms with E-state index in [9.17, 15) is 19.5 Å². The molecule has 1 aromatic carbocycles. The van der Waals surface area contributed by atoms with Gasteiger partial charge in [0.2, 0.25) is 5.43 Å². The van der Waals surface area contributed by atoms with Gasteiger partial charge in [0.1, 0.15) is 11.1 Å². The second kappa shape index (κ2) is 8.20. The van der Waals surface area contributed by atoms with Crippen LogP contribution in [0.1, 0.15) is 46.0 Å². The van der Waals surface area contributed by atoms with Gasteiger partial charge in [0, 0.05) is 32.0 Å². The summed E-state index contributed by atoms with van der Waals surface area (Å²) in [6.45, 7) is 3.80. The van der Waals surface area contributed by atoms with Crippen LogP contribution in [-0.2, 0) is 13.0 Å². The van der Waals surface area contributed by atoms with E-state index in [0.717, 1.165) is 18.4 Å². The van der Waals surface area contributed by atoms with Crippen LogP contribution in [0.2, 0.25) is 0 Å². The lowest BCUT2D eigenvalue weighted by atomic mass is 10.1. The van der Waals surface area contributed by atoms with Crippen LogP contribution >= 0.6 is 0 Å². The maximum absolute atomic E-state index is 12.9. The lowest BCUT2D eigenvalue weighted by Crippen LogP contribution is -2.35. The van der Waals surface area contributed by atoms with Gasteiger partial charge in [0.05, 0.1) is 0 Å². The number of hydrogen-bond donors (Lipinski definition) is 1. The van der Waals surface area contributed by atoms with E-state index in [1.54, 1.807) is 9.47 Å². The number of aromatic nitrogens is 1. The zero-order valence-corrected chi connectivity index (χ0v) is 15.4. The minimum atomic E-state index is -1.31. The molecule has 6 heteroatoms. The molecule has 1 aliphatic heterocycles. The van der Waals surface area contributed by atoms with Crippen LogP contribution in [-0.4, -0.2) is 39.5 Å². The summed E-state index contributed by atoms with van der Waals surface area (Å²) in [4.78, 5) is 38.6. The molecule has 142 valence electrons. The van der Waals surface area contributed by atoms with Crippen molar-refractivity contribution in [2.24, 2.45) is 5.92 Å². The van der Waals surface area contributed by atoms with Crippen LogP contribution in [0.5, 0.6) is 0 Å². The molecule has 1 atom stereocenters. The minimum absolute atomic E-state index is 0.0558. The summed E-state index contributed by atoms with van der Waals surface area (Å²) >= 11 is 0. The van der Waals surface area contributed by atoms with E-state index in [0.29, 0.717) is 32.0 Å². The van der Waals surface area contributed by atoms with E-state index in [1.165, 1.54) is 12.4 Å². The Morgan fingerprint density at radius 1 is 1.15 bits per heavy atom. The predicted molar refractivity (Wildman–Crippen MR) is 102 cm³/mol. The molecular formula is C21H24N2O4. The number of hydrogen-bond acceptors (Lipinski definition) is 3. The van der Waals surface area contributed by atoms with Crippen molar-refractivity contribution in [3.05, 3.63) is 69.6 Å². The number of carboxylic acid groups (broad SMARTS) is 1. The van der Waals surface area contributed by atoms with Gasteiger partial charge in [-0.15, -0.1) is 0 Å². The summed E-state index contributed by atoms with van der Waals surface area (Å²) in [7, 11) is 0. The standard InChI is InChI=1S/C21H24N2O4/c1-2-15-9-11-23(12-15)20(25)17-13-22(14-18(19(17)24)21(26)27)10-8-16-6-4-3-5-7-16/h3-7,13-15H,2,8-12H2,1H3,(H,26,27)/t15-/m1/s1. The number of nitrogens with zero attached hydrogens (tertiary/aromatic N) is 2. The SMILES string of the molecule is CC[C@@H]1CCN(C(=O)c2cn(CCc3ccccc3)cc(C(=O)O)c2=O)C1. The molecule has 3 rings (SSSR count). The third kappa shape index (κ3) is 4.27. The molecule has 1 amide bonds. The van der Waals surface area contributed by atoms with E-state index >= 15 is 0 Å². The van der Waals surface area contributed by atoms with E-state index in [-0.39, 0.29) is 17.0 Å². The zero-order chi connectivity index (χ0) is 19.4. The number of rotatable bonds is 6. The highest BCUT2D eigenvalue weighted by atomic mass is 16.4. The average Bonchev–Trinajstić information content (AvgIpc) is 3.16. The Balaban J connectivity index is 1.88. The van der Waals surface area contributed by atoms with Gasteiger partial charge in [-0.05, 0) is 24.3 Å². The van der Waals surface area contributed by atoms with Crippen molar-refractivity contribution in [3.63, 3.8) is 0 Å². The van der Waals surface area contributed by atoms with E-state index < -0.39 is 11.4 Å². The molecule has 0 spiro atoms.